The van der Waals surface area contributed by atoms with Crippen molar-refractivity contribution in [1.29, 1.82) is 0 Å². The molecule has 0 atom stereocenters. The number of methoxy groups -OCH3 is 1. The molecule has 8 heteroatoms. The lowest BCUT2D eigenvalue weighted by Crippen LogP contribution is -2.44. The van der Waals surface area contributed by atoms with Crippen molar-refractivity contribution in [3.8, 4) is 0 Å². The predicted molar refractivity (Wildman–Crippen MR) is 84.6 cm³/mol. The number of benzene rings is 1. The third-order valence-corrected chi connectivity index (χ3v) is 5.20. The molecule has 1 N–H and O–H groups in total. The number of rotatable bonds is 6. The molecule has 1 aliphatic heterocycles. The largest absolute Gasteiger partial charge is 0.384 e. The van der Waals surface area contributed by atoms with Crippen LogP contribution in [-0.2, 0) is 30.5 Å². The molecule has 0 spiro atoms. The van der Waals surface area contributed by atoms with Gasteiger partial charge in [-0.15, -0.1) is 0 Å². The van der Waals surface area contributed by atoms with Crippen LogP contribution in [0.5, 0.6) is 0 Å². The van der Waals surface area contributed by atoms with E-state index in [-0.39, 0.29) is 29.6 Å². The van der Waals surface area contributed by atoms with Crippen LogP contribution in [0.3, 0.4) is 0 Å². The Balaban J connectivity index is 1.98. The first-order valence-corrected chi connectivity index (χ1v) is 9.10. The molecule has 0 saturated carbocycles. The molecule has 7 nitrogen and oxygen atoms in total. The van der Waals surface area contributed by atoms with Crippen molar-refractivity contribution < 1.29 is 22.7 Å². The first-order chi connectivity index (χ1) is 11.0. The molecule has 1 saturated heterocycles. The van der Waals surface area contributed by atoms with Crippen LogP contribution in [0.15, 0.2) is 29.2 Å². The van der Waals surface area contributed by atoms with Crippen LogP contribution in [0.2, 0.25) is 0 Å². The highest BCUT2D eigenvalue weighted by Crippen LogP contribution is 2.13. The van der Waals surface area contributed by atoms with E-state index >= 15 is 0 Å². The molecule has 0 bridgehead atoms. The number of hydrogen-bond acceptors (Lipinski definition) is 6. The Labute approximate surface area is 136 Å². The number of nitrogens with one attached hydrogen (secondary N) is 1. The Bertz CT molecular complexity index is 607. The van der Waals surface area contributed by atoms with Crippen molar-refractivity contribution in [1.82, 2.24) is 10.4 Å². The summed E-state index contributed by atoms with van der Waals surface area (Å²) < 4.78 is 34.1. The molecule has 2 rings (SSSR count). The van der Waals surface area contributed by atoms with Crippen LogP contribution in [0, 0.1) is 0 Å². The second-order valence-electron chi connectivity index (χ2n) is 5.20. The summed E-state index contributed by atoms with van der Waals surface area (Å²) in [6.07, 6.45) is 0.214. The van der Waals surface area contributed by atoms with Gasteiger partial charge in [0.15, 0.2) is 9.84 Å². The van der Waals surface area contributed by atoms with Crippen molar-refractivity contribution in [2.45, 2.75) is 11.3 Å². The topological polar surface area (TPSA) is 84.9 Å². The number of amides is 1. The van der Waals surface area contributed by atoms with Gasteiger partial charge in [-0.25, -0.2) is 13.8 Å². The summed E-state index contributed by atoms with van der Waals surface area (Å²) in [6.45, 7) is 2.35. The molecule has 1 amide bonds. The quantitative estimate of drug-likeness (QED) is 0.784. The van der Waals surface area contributed by atoms with Crippen LogP contribution in [0.25, 0.3) is 0 Å². The molecule has 0 aromatic heterocycles. The van der Waals surface area contributed by atoms with Gasteiger partial charge < -0.3 is 9.47 Å². The van der Waals surface area contributed by atoms with Gasteiger partial charge in [0.25, 0.3) is 0 Å². The number of carbonyl (C=O) groups is 1. The third-order valence-electron chi connectivity index (χ3n) is 3.50. The maximum Gasteiger partial charge on any atom is 0.241 e. The van der Waals surface area contributed by atoms with E-state index in [0.29, 0.717) is 26.3 Å². The van der Waals surface area contributed by atoms with Gasteiger partial charge >= 0.3 is 0 Å². The van der Waals surface area contributed by atoms with E-state index < -0.39 is 9.84 Å². The zero-order valence-corrected chi connectivity index (χ0v) is 14.0. The minimum absolute atomic E-state index is 0.0561. The number of ether oxygens (including phenoxy) is 2. The second-order valence-corrected chi connectivity index (χ2v) is 7.31. The predicted octanol–water partition coefficient (Wildman–Crippen LogP) is 0.0126. The van der Waals surface area contributed by atoms with Crippen LogP contribution < -0.4 is 5.43 Å². The van der Waals surface area contributed by atoms with Crippen LogP contribution in [-0.4, -0.2) is 65.1 Å². The number of hydrogen-bond donors (Lipinski definition) is 1. The zero-order chi connectivity index (χ0) is 16.7. The number of sulfone groups is 1. The Morgan fingerprint density at radius 1 is 1.30 bits per heavy atom. The van der Waals surface area contributed by atoms with E-state index in [1.165, 1.54) is 19.2 Å². The van der Waals surface area contributed by atoms with E-state index in [4.69, 9.17) is 9.47 Å². The average Bonchev–Trinajstić information content (AvgIpc) is 2.83. The lowest BCUT2D eigenvalue weighted by atomic mass is 10.1. The summed E-state index contributed by atoms with van der Waals surface area (Å²) in [6, 6.07) is 6.41. The first-order valence-electron chi connectivity index (χ1n) is 7.45. The van der Waals surface area contributed by atoms with E-state index in [1.807, 2.05) is 0 Å². The van der Waals surface area contributed by atoms with Crippen LogP contribution in [0.1, 0.15) is 5.56 Å². The van der Waals surface area contributed by atoms with Crippen molar-refractivity contribution >= 4 is 15.7 Å². The smallest absolute Gasteiger partial charge is 0.241 e. The normalized spacial score (nSPS) is 16.1. The van der Waals surface area contributed by atoms with E-state index in [0.717, 1.165) is 5.56 Å². The Morgan fingerprint density at radius 3 is 2.74 bits per heavy atom. The highest BCUT2D eigenvalue weighted by molar-refractivity contribution is 7.91. The minimum atomic E-state index is -3.34. The van der Waals surface area contributed by atoms with Gasteiger partial charge in [0.1, 0.15) is 0 Å². The lowest BCUT2D eigenvalue weighted by Gasteiger charge is -2.20. The van der Waals surface area contributed by atoms with Crippen molar-refractivity contribution in [2.24, 2.45) is 0 Å². The van der Waals surface area contributed by atoms with Crippen molar-refractivity contribution in [3.05, 3.63) is 29.8 Å². The SMILES string of the molecule is COCCS(=O)(=O)c1ccc(CC(=O)N2CCOCCN2)cc1. The third kappa shape index (κ3) is 5.28. The standard InChI is InChI=1S/C15H22N2O5S/c1-21-10-11-23(19,20)14-4-2-13(3-5-14)12-15(18)17-7-9-22-8-6-16-17/h2-5,16H,6-12H2,1H3. The van der Waals surface area contributed by atoms with Crippen molar-refractivity contribution in [3.63, 3.8) is 0 Å². The molecule has 128 valence electrons. The first kappa shape index (κ1) is 17.9. The maximum atomic E-state index is 12.2. The zero-order valence-electron chi connectivity index (χ0n) is 13.2. The summed E-state index contributed by atoms with van der Waals surface area (Å²) in [4.78, 5) is 12.5. The van der Waals surface area contributed by atoms with Gasteiger partial charge in [0.05, 0.1) is 43.4 Å². The summed E-state index contributed by atoms with van der Waals surface area (Å²) in [7, 11) is -1.88. The molecular formula is C15H22N2O5S. The fourth-order valence-corrected chi connectivity index (χ4v) is 3.37. The van der Waals surface area contributed by atoms with Crippen LogP contribution in [0.4, 0.5) is 0 Å². The molecule has 1 heterocycles. The highest BCUT2D eigenvalue weighted by atomic mass is 32.2. The van der Waals surface area contributed by atoms with Crippen LogP contribution >= 0.6 is 0 Å². The lowest BCUT2D eigenvalue weighted by molar-refractivity contribution is -0.133. The molecule has 1 aliphatic rings. The monoisotopic (exact) mass is 342 g/mol. The maximum absolute atomic E-state index is 12.2. The molecular weight excluding hydrogens is 320 g/mol. The number of nitrogens with zero attached hydrogens (tertiary/aromatic N) is 1. The van der Waals surface area contributed by atoms with Gasteiger partial charge in [-0.3, -0.25) is 9.80 Å². The fourth-order valence-electron chi connectivity index (χ4n) is 2.20. The highest BCUT2D eigenvalue weighted by Gasteiger charge is 2.17. The average molecular weight is 342 g/mol. The van der Waals surface area contributed by atoms with Gasteiger partial charge in [-0.05, 0) is 17.7 Å². The molecule has 0 radical (unpaired) electrons. The van der Waals surface area contributed by atoms with Gasteiger partial charge in [-0.2, -0.15) is 0 Å². The Hall–Kier alpha value is -1.48. The summed E-state index contributed by atoms with van der Waals surface area (Å²) in [5.74, 6) is -0.120. The van der Waals surface area contributed by atoms with Gasteiger partial charge in [0, 0.05) is 13.7 Å². The summed E-state index contributed by atoms with van der Waals surface area (Å²) in [5, 5.41) is 1.55. The van der Waals surface area contributed by atoms with E-state index in [2.05, 4.69) is 5.43 Å². The molecule has 1 fully saturated rings. The molecule has 0 unspecified atom stereocenters. The Morgan fingerprint density at radius 2 is 2.04 bits per heavy atom. The van der Waals surface area contributed by atoms with Gasteiger partial charge in [0.2, 0.25) is 5.91 Å². The molecule has 1 aromatic rings. The molecule has 1 aromatic carbocycles. The second kappa shape index (κ2) is 8.39. The number of carbonyl (C=O) groups excluding carboxylic acids is 1. The van der Waals surface area contributed by atoms with E-state index in [9.17, 15) is 13.2 Å². The summed E-state index contributed by atoms with van der Waals surface area (Å²) >= 11 is 0. The minimum Gasteiger partial charge on any atom is -0.384 e. The summed E-state index contributed by atoms with van der Waals surface area (Å²) in [5.41, 5.74) is 3.78. The Kier molecular flexibility index (Phi) is 6.52. The van der Waals surface area contributed by atoms with Crippen molar-refractivity contribution in [2.75, 3.05) is 45.8 Å². The molecule has 0 aliphatic carbocycles. The van der Waals surface area contributed by atoms with Gasteiger partial charge in [-0.1, -0.05) is 12.1 Å². The van der Waals surface area contributed by atoms with E-state index in [1.54, 1.807) is 17.1 Å². The molecule has 23 heavy (non-hydrogen) atoms. The number of hydrazine groups is 1. The fraction of sp³-hybridized carbons (Fsp3) is 0.533.